The van der Waals surface area contributed by atoms with Gasteiger partial charge in [-0.05, 0) is 0 Å². The maximum absolute atomic E-state index is 10.9. The van der Waals surface area contributed by atoms with Crippen molar-refractivity contribution in [2.45, 2.75) is 6.04 Å². The quantitative estimate of drug-likeness (QED) is 0.363. The van der Waals surface area contributed by atoms with Crippen molar-refractivity contribution >= 4 is 13.7 Å². The molecule has 0 aliphatic rings. The number of phosphoric acid groups is 1. The molecule has 0 saturated heterocycles. The van der Waals surface area contributed by atoms with E-state index in [1.165, 1.54) is 0 Å². The van der Waals surface area contributed by atoms with Crippen molar-refractivity contribution in [3.8, 4) is 0 Å². The van der Waals surface area contributed by atoms with Gasteiger partial charge in [0.1, 0.15) is 6.04 Å². The summed E-state index contributed by atoms with van der Waals surface area (Å²) in [4.78, 5) is 19.3. The summed E-state index contributed by atoms with van der Waals surface area (Å²) in [5.41, 5.74) is 15.0. The van der Waals surface area contributed by atoms with Crippen LogP contribution in [0.4, 0.5) is 0 Å². The summed E-state index contributed by atoms with van der Waals surface area (Å²) in [5, 5.41) is 0. The smallest absolute Gasteiger partial charge is 0.368 e. The minimum absolute atomic E-state index is 0.0791. The van der Waals surface area contributed by atoms with E-state index in [2.05, 4.69) is 9.05 Å². The highest BCUT2D eigenvalue weighted by Gasteiger charge is 2.23. The Hall–Kier alpha value is -0.500. The van der Waals surface area contributed by atoms with Gasteiger partial charge in [0, 0.05) is 6.54 Å². The van der Waals surface area contributed by atoms with Gasteiger partial charge in [-0.1, -0.05) is 0 Å². The second-order valence-corrected chi connectivity index (χ2v) is 3.85. The van der Waals surface area contributed by atoms with Crippen LogP contribution >= 0.6 is 7.82 Å². The molecule has 0 aromatic carbocycles. The van der Waals surface area contributed by atoms with Gasteiger partial charge >= 0.3 is 7.82 Å². The topological polar surface area (TPSA) is 151 Å². The predicted molar refractivity (Wildman–Crippen MR) is 48.0 cm³/mol. The molecule has 0 fully saturated rings. The highest BCUT2D eigenvalue weighted by molar-refractivity contribution is 7.47. The molecule has 0 aliphatic carbocycles. The highest BCUT2D eigenvalue weighted by Crippen LogP contribution is 2.42. The minimum atomic E-state index is -4.17. The zero-order valence-corrected chi connectivity index (χ0v) is 8.35. The molecular weight excluding hydrogens is 213 g/mol. The van der Waals surface area contributed by atoms with Gasteiger partial charge in [-0.25, -0.2) is 4.57 Å². The van der Waals surface area contributed by atoms with E-state index < -0.39 is 26.4 Å². The molecule has 9 heteroatoms. The molecule has 0 heterocycles. The Morgan fingerprint density at radius 2 is 2.07 bits per heavy atom. The summed E-state index contributed by atoms with van der Waals surface area (Å²) < 4.78 is 19.7. The third-order valence-electron chi connectivity index (χ3n) is 1.15. The Kier molecular flexibility index (Phi) is 5.86. The summed E-state index contributed by atoms with van der Waals surface area (Å²) >= 11 is 0. The number of phosphoric ester groups is 1. The van der Waals surface area contributed by atoms with E-state index >= 15 is 0 Å². The Morgan fingerprint density at radius 3 is 2.50 bits per heavy atom. The van der Waals surface area contributed by atoms with Crippen LogP contribution in [0.25, 0.3) is 0 Å². The number of primary amides is 1. The molecule has 14 heavy (non-hydrogen) atoms. The van der Waals surface area contributed by atoms with Gasteiger partial charge in [-0.2, -0.15) is 0 Å². The van der Waals surface area contributed by atoms with Crippen molar-refractivity contribution in [3.63, 3.8) is 0 Å². The van der Waals surface area contributed by atoms with Crippen LogP contribution in [0.2, 0.25) is 0 Å². The Balaban J connectivity index is 3.86. The van der Waals surface area contributed by atoms with Crippen molar-refractivity contribution in [2.24, 2.45) is 17.2 Å². The van der Waals surface area contributed by atoms with E-state index in [4.69, 9.17) is 22.1 Å². The number of nitrogens with two attached hydrogens (primary N) is 3. The number of hydrogen-bond acceptors (Lipinski definition) is 6. The lowest BCUT2D eigenvalue weighted by molar-refractivity contribution is -0.119. The summed E-state index contributed by atoms with van der Waals surface area (Å²) in [6, 6.07) is -1.14. The van der Waals surface area contributed by atoms with Crippen LogP contribution in [0.5, 0.6) is 0 Å². The lowest BCUT2D eigenvalue weighted by Crippen LogP contribution is -2.39. The van der Waals surface area contributed by atoms with Crippen molar-refractivity contribution in [1.29, 1.82) is 0 Å². The number of carbonyl (C=O) groups is 1. The normalized spacial score (nSPS) is 17.4. The second kappa shape index (κ2) is 6.07. The first-order valence-corrected chi connectivity index (χ1v) is 5.25. The van der Waals surface area contributed by atoms with Crippen molar-refractivity contribution in [3.05, 3.63) is 0 Å². The minimum Gasteiger partial charge on any atom is -0.368 e. The fraction of sp³-hybridized carbons (Fsp3) is 0.800. The maximum atomic E-state index is 10.9. The molecular formula is C5H14N3O5P. The van der Waals surface area contributed by atoms with E-state index in [0.717, 1.165) is 0 Å². The molecule has 0 aromatic heterocycles. The van der Waals surface area contributed by atoms with Crippen molar-refractivity contribution in [1.82, 2.24) is 0 Å². The molecule has 0 saturated carbocycles. The van der Waals surface area contributed by atoms with Gasteiger partial charge in [0.2, 0.25) is 5.91 Å². The van der Waals surface area contributed by atoms with E-state index in [-0.39, 0.29) is 13.2 Å². The van der Waals surface area contributed by atoms with Crippen LogP contribution in [0.15, 0.2) is 0 Å². The third-order valence-corrected chi connectivity index (χ3v) is 2.14. The van der Waals surface area contributed by atoms with Crippen molar-refractivity contribution < 1.29 is 23.3 Å². The van der Waals surface area contributed by atoms with Gasteiger partial charge in [0.15, 0.2) is 0 Å². The predicted octanol–water partition coefficient (Wildman–Crippen LogP) is -2.11. The third kappa shape index (κ3) is 6.03. The molecule has 84 valence electrons. The van der Waals surface area contributed by atoms with E-state index in [1.54, 1.807) is 0 Å². The van der Waals surface area contributed by atoms with Gasteiger partial charge in [0.05, 0.1) is 13.2 Å². The first kappa shape index (κ1) is 13.5. The molecule has 7 N–H and O–H groups in total. The van der Waals surface area contributed by atoms with E-state index in [9.17, 15) is 9.36 Å². The van der Waals surface area contributed by atoms with Gasteiger partial charge in [-0.3, -0.25) is 13.8 Å². The molecule has 1 unspecified atom stereocenters. The highest BCUT2D eigenvalue weighted by atomic mass is 31.2. The molecule has 0 rings (SSSR count). The molecule has 0 spiro atoms. The largest absolute Gasteiger partial charge is 0.472 e. The molecule has 2 atom stereocenters. The number of rotatable bonds is 7. The van der Waals surface area contributed by atoms with E-state index in [1.807, 2.05) is 0 Å². The van der Waals surface area contributed by atoms with Crippen molar-refractivity contribution in [2.75, 3.05) is 19.8 Å². The zero-order valence-electron chi connectivity index (χ0n) is 7.46. The standard InChI is InChI=1S/C5H14N3O5P/c6-1-2-12-14(10,11)13-3-4(7)5(8)9/h4H,1-3,6-7H2,(H2,8,9)(H,10,11)/t4-/m0/s1. The molecule has 1 amide bonds. The average molecular weight is 227 g/mol. The second-order valence-electron chi connectivity index (χ2n) is 2.40. The van der Waals surface area contributed by atoms with Crippen LogP contribution in [-0.2, 0) is 18.4 Å². The first-order valence-electron chi connectivity index (χ1n) is 3.76. The average Bonchev–Trinajstić information content (AvgIpc) is 2.11. The molecule has 8 nitrogen and oxygen atoms in total. The molecule has 0 radical (unpaired) electrons. The zero-order chi connectivity index (χ0) is 11.2. The number of hydrogen-bond donors (Lipinski definition) is 4. The van der Waals surface area contributed by atoms with Crippen LogP contribution in [0.1, 0.15) is 0 Å². The van der Waals surface area contributed by atoms with Gasteiger partial charge in [-0.15, -0.1) is 0 Å². The first-order chi connectivity index (χ1) is 6.39. The van der Waals surface area contributed by atoms with Crippen LogP contribution in [-0.4, -0.2) is 36.6 Å². The fourth-order valence-corrected chi connectivity index (χ4v) is 1.22. The summed E-state index contributed by atoms with van der Waals surface area (Å²) in [6.45, 7) is -0.525. The molecule has 0 bridgehead atoms. The number of amides is 1. The van der Waals surface area contributed by atoms with Crippen LogP contribution < -0.4 is 17.2 Å². The summed E-state index contributed by atoms with van der Waals surface area (Å²) in [6.07, 6.45) is 0. The van der Waals surface area contributed by atoms with Gasteiger partial charge in [0.25, 0.3) is 0 Å². The lowest BCUT2D eigenvalue weighted by Gasteiger charge is -2.13. The monoisotopic (exact) mass is 227 g/mol. The Labute approximate surface area is 81.0 Å². The fourth-order valence-electron chi connectivity index (χ4n) is 0.462. The van der Waals surface area contributed by atoms with E-state index in [0.29, 0.717) is 0 Å². The van der Waals surface area contributed by atoms with Gasteiger partial charge < -0.3 is 22.1 Å². The van der Waals surface area contributed by atoms with Crippen LogP contribution in [0.3, 0.4) is 0 Å². The lowest BCUT2D eigenvalue weighted by atomic mass is 10.3. The SMILES string of the molecule is NCCOP(=O)(O)OC[C@H](N)C(N)=O. The Bertz CT molecular complexity index is 235. The maximum Gasteiger partial charge on any atom is 0.472 e. The van der Waals surface area contributed by atoms with Crippen LogP contribution in [0, 0.1) is 0 Å². The number of carbonyl (C=O) groups excluding carboxylic acids is 1. The Morgan fingerprint density at radius 1 is 1.50 bits per heavy atom. The summed E-state index contributed by atoms with van der Waals surface area (Å²) in [7, 11) is -4.17. The molecule has 0 aromatic rings. The molecule has 0 aliphatic heterocycles. The summed E-state index contributed by atoms with van der Waals surface area (Å²) in [5.74, 6) is -0.830.